The molecule has 0 bridgehead atoms. The van der Waals surface area contributed by atoms with E-state index in [2.05, 4.69) is 68.8 Å². The Balaban J connectivity index is 1.92. The lowest BCUT2D eigenvalue weighted by Gasteiger charge is -2.28. The first kappa shape index (κ1) is 27.1. The molecule has 2 aromatic carbocycles. The smallest absolute Gasteiger partial charge is 0.209 e. The summed E-state index contributed by atoms with van der Waals surface area (Å²) in [5.41, 5.74) is 5.54. The zero-order valence-corrected chi connectivity index (χ0v) is 22.9. The minimum absolute atomic E-state index is 0.0737. The zero-order chi connectivity index (χ0) is 26.6. The number of ketones is 1. The van der Waals surface area contributed by atoms with E-state index in [0.717, 1.165) is 35.8 Å². The molecule has 1 aliphatic rings. The number of aliphatic hydroxyl groups is 1. The Morgan fingerprint density at radius 3 is 1.72 bits per heavy atom. The topological polar surface area (TPSA) is 68.2 Å². The summed E-state index contributed by atoms with van der Waals surface area (Å²) in [6, 6.07) is 16.8. The summed E-state index contributed by atoms with van der Waals surface area (Å²) < 4.78 is 0. The van der Waals surface area contributed by atoms with Crippen LogP contribution < -0.4 is 15.1 Å². The van der Waals surface area contributed by atoms with E-state index >= 15 is 0 Å². The van der Waals surface area contributed by atoms with Crippen LogP contribution in [0.25, 0.3) is 0 Å². The summed E-state index contributed by atoms with van der Waals surface area (Å²) >= 11 is 0. The molecule has 6 heteroatoms. The molecule has 0 saturated heterocycles. The van der Waals surface area contributed by atoms with Gasteiger partial charge in [-0.05, 0) is 104 Å². The lowest BCUT2D eigenvalue weighted by atomic mass is 9.93. The Bertz CT molecular complexity index is 1170. The maximum absolute atomic E-state index is 13.1. The van der Waals surface area contributed by atoms with E-state index in [0.29, 0.717) is 29.1 Å². The predicted molar refractivity (Wildman–Crippen MR) is 153 cm³/mol. The van der Waals surface area contributed by atoms with Crippen LogP contribution in [0, 0.1) is 0 Å². The Labute approximate surface area is 216 Å². The average molecular weight is 489 g/mol. The fourth-order valence-corrected chi connectivity index (χ4v) is 4.65. The van der Waals surface area contributed by atoms with Gasteiger partial charge < -0.3 is 20.2 Å². The van der Waals surface area contributed by atoms with Crippen LogP contribution in [0.3, 0.4) is 0 Å². The van der Waals surface area contributed by atoms with Gasteiger partial charge in [-0.15, -0.1) is 0 Å². The van der Waals surface area contributed by atoms with Gasteiger partial charge in [0.15, 0.2) is 0 Å². The molecule has 1 aliphatic carbocycles. The van der Waals surface area contributed by atoms with Crippen LogP contribution in [0.2, 0.25) is 0 Å². The van der Waals surface area contributed by atoms with Gasteiger partial charge in [-0.25, -0.2) is 4.99 Å². The van der Waals surface area contributed by atoms with Crippen molar-refractivity contribution in [2.75, 3.05) is 28.2 Å². The first-order chi connectivity index (χ1) is 17.1. The Kier molecular flexibility index (Phi) is 8.62. The van der Waals surface area contributed by atoms with E-state index in [4.69, 9.17) is 4.99 Å². The molecule has 2 N–H and O–H groups in total. The number of benzene rings is 2. The normalized spacial score (nSPS) is 15.4. The molecule has 0 amide bonds. The molecule has 0 spiro atoms. The van der Waals surface area contributed by atoms with Gasteiger partial charge in [0, 0.05) is 53.4 Å². The monoisotopic (exact) mass is 488 g/mol. The third kappa shape index (κ3) is 5.64. The number of rotatable bonds is 9. The number of anilines is 3. The van der Waals surface area contributed by atoms with Crippen LogP contribution in [0.15, 0.2) is 76.1 Å². The molecule has 2 aromatic rings. The van der Waals surface area contributed by atoms with Crippen LogP contribution >= 0.6 is 0 Å². The van der Waals surface area contributed by atoms with Crippen LogP contribution in [-0.4, -0.2) is 41.8 Å². The highest BCUT2D eigenvalue weighted by atomic mass is 16.3. The van der Waals surface area contributed by atoms with E-state index in [-0.39, 0.29) is 17.1 Å². The fraction of sp³-hybridized carbons (Fsp3) is 0.400. The highest BCUT2D eigenvalue weighted by molar-refractivity contribution is 6.27. The molecule has 0 fully saturated rings. The summed E-state index contributed by atoms with van der Waals surface area (Å²) in [6.07, 6.45) is 0. The van der Waals surface area contributed by atoms with Gasteiger partial charge in [-0.1, -0.05) is 0 Å². The van der Waals surface area contributed by atoms with Crippen molar-refractivity contribution in [2.45, 2.75) is 67.5 Å². The zero-order valence-electron chi connectivity index (χ0n) is 22.9. The molecule has 36 heavy (non-hydrogen) atoms. The fourth-order valence-electron chi connectivity index (χ4n) is 4.65. The highest BCUT2D eigenvalue weighted by Crippen LogP contribution is 2.29. The number of aliphatic imine (C=N–C) groups is 1. The molecule has 0 atom stereocenters. The quantitative estimate of drug-likeness (QED) is 0.371. The predicted octanol–water partition coefficient (Wildman–Crippen LogP) is 7.03. The van der Waals surface area contributed by atoms with Crippen LogP contribution in [0.5, 0.6) is 0 Å². The largest absolute Gasteiger partial charge is 0.505 e. The summed E-state index contributed by atoms with van der Waals surface area (Å²) in [6.45, 7) is 18.3. The van der Waals surface area contributed by atoms with Crippen molar-refractivity contribution in [2.24, 2.45) is 4.99 Å². The van der Waals surface area contributed by atoms with E-state index in [1.807, 2.05) is 43.3 Å². The Morgan fingerprint density at radius 1 is 0.806 bits per heavy atom. The summed E-state index contributed by atoms with van der Waals surface area (Å²) in [4.78, 5) is 22.4. The molecule has 0 saturated carbocycles. The standard InChI is InChI=1S/C30H40N4O2/c1-9-33(19(3)4)25-15-11-23(12-16-25)31-27-21(7)28(30(36)22(8)29(27)35)32-24-13-17-26(18-14-24)34(10-2)20(5)6/h11-20,31,36H,9-10H2,1-8H3. The second kappa shape index (κ2) is 11.5. The van der Waals surface area contributed by atoms with Crippen molar-refractivity contribution in [3.8, 4) is 0 Å². The van der Waals surface area contributed by atoms with Gasteiger partial charge in [-0.3, -0.25) is 4.79 Å². The van der Waals surface area contributed by atoms with Crippen LogP contribution in [-0.2, 0) is 4.79 Å². The van der Waals surface area contributed by atoms with Crippen molar-refractivity contribution in [3.05, 3.63) is 71.1 Å². The molecule has 0 aliphatic heterocycles. The van der Waals surface area contributed by atoms with E-state index < -0.39 is 0 Å². The van der Waals surface area contributed by atoms with Gasteiger partial charge >= 0.3 is 0 Å². The summed E-state index contributed by atoms with van der Waals surface area (Å²) in [7, 11) is 0. The molecular weight excluding hydrogens is 448 g/mol. The molecular formula is C30H40N4O2. The second-order valence-corrected chi connectivity index (χ2v) is 9.71. The molecule has 192 valence electrons. The minimum Gasteiger partial charge on any atom is -0.505 e. The molecule has 3 rings (SSSR count). The number of carbonyl (C=O) groups excluding carboxylic acids is 1. The number of hydrogen-bond acceptors (Lipinski definition) is 6. The third-order valence-corrected chi connectivity index (χ3v) is 6.70. The molecule has 0 aromatic heterocycles. The maximum Gasteiger partial charge on any atom is 0.209 e. The van der Waals surface area contributed by atoms with Gasteiger partial charge in [0.2, 0.25) is 5.78 Å². The molecule has 6 nitrogen and oxygen atoms in total. The second-order valence-electron chi connectivity index (χ2n) is 9.71. The highest BCUT2D eigenvalue weighted by Gasteiger charge is 2.29. The number of Topliss-reactive ketones (excluding diaryl/α,β-unsaturated/α-hetero) is 1. The average Bonchev–Trinajstić information content (AvgIpc) is 2.85. The Morgan fingerprint density at radius 2 is 1.28 bits per heavy atom. The van der Waals surface area contributed by atoms with Crippen molar-refractivity contribution in [1.29, 1.82) is 0 Å². The maximum atomic E-state index is 13.1. The van der Waals surface area contributed by atoms with Gasteiger partial charge in [0.05, 0.1) is 11.4 Å². The number of nitrogens with one attached hydrogen (secondary N) is 1. The number of hydrogen-bond donors (Lipinski definition) is 2. The third-order valence-electron chi connectivity index (χ3n) is 6.70. The first-order valence-corrected chi connectivity index (χ1v) is 12.8. The number of nitrogens with zero attached hydrogens (tertiary/aromatic N) is 3. The number of aliphatic hydroxyl groups excluding tert-OH is 1. The molecule has 0 unspecified atom stereocenters. The Hall–Kier alpha value is -3.54. The summed E-state index contributed by atoms with van der Waals surface area (Å²) in [5, 5.41) is 14.1. The summed E-state index contributed by atoms with van der Waals surface area (Å²) in [5.74, 6) is -0.299. The lowest BCUT2D eigenvalue weighted by molar-refractivity contribution is -0.112. The van der Waals surface area contributed by atoms with Crippen LogP contribution in [0.1, 0.15) is 55.4 Å². The van der Waals surface area contributed by atoms with Crippen LogP contribution in [0.4, 0.5) is 22.7 Å². The number of carbonyl (C=O) groups is 1. The first-order valence-electron chi connectivity index (χ1n) is 12.8. The number of allylic oxidation sites excluding steroid dienone is 2. The van der Waals surface area contributed by atoms with E-state index in [1.54, 1.807) is 6.92 Å². The van der Waals surface area contributed by atoms with Gasteiger partial charge in [-0.2, -0.15) is 0 Å². The van der Waals surface area contributed by atoms with Crippen molar-refractivity contribution in [3.63, 3.8) is 0 Å². The van der Waals surface area contributed by atoms with Gasteiger partial charge in [0.25, 0.3) is 0 Å². The lowest BCUT2D eigenvalue weighted by Crippen LogP contribution is -2.30. The van der Waals surface area contributed by atoms with E-state index in [9.17, 15) is 9.90 Å². The van der Waals surface area contributed by atoms with E-state index in [1.165, 1.54) is 0 Å². The van der Waals surface area contributed by atoms with Gasteiger partial charge in [0.1, 0.15) is 11.5 Å². The van der Waals surface area contributed by atoms with Crippen molar-refractivity contribution >= 4 is 34.2 Å². The van der Waals surface area contributed by atoms with Crippen molar-refractivity contribution < 1.29 is 9.90 Å². The molecule has 0 radical (unpaired) electrons. The molecule has 0 heterocycles. The van der Waals surface area contributed by atoms with Crippen molar-refractivity contribution in [1.82, 2.24) is 0 Å². The minimum atomic E-state index is -0.226. The SMILES string of the molecule is CCN(c1ccc(N=C2C(C)=C(Nc3ccc(N(CC)C(C)C)cc3)C(=O)C(C)=C2O)cc1)C(C)C.